The van der Waals surface area contributed by atoms with E-state index in [2.05, 4.69) is 37.2 Å². The molecular weight excluding hydrogens is 248 g/mol. The molecule has 0 saturated carbocycles. The lowest BCUT2D eigenvalue weighted by atomic mass is 10.1. The van der Waals surface area contributed by atoms with Crippen molar-refractivity contribution in [2.45, 2.75) is 65.0 Å². The number of nitrogens with zero attached hydrogens (tertiary/aromatic N) is 2. The summed E-state index contributed by atoms with van der Waals surface area (Å²) in [6.45, 7) is 7.52. The van der Waals surface area contributed by atoms with Crippen LogP contribution in [-0.4, -0.2) is 48.2 Å². The zero-order valence-electron chi connectivity index (χ0n) is 13.4. The van der Waals surface area contributed by atoms with Gasteiger partial charge in [-0.25, -0.2) is 4.99 Å². The Bertz CT molecular complexity index is 301. The summed E-state index contributed by atoms with van der Waals surface area (Å²) in [5, 5.41) is 9.28. The van der Waals surface area contributed by atoms with Crippen LogP contribution in [0.1, 0.15) is 58.8 Å². The maximum atomic E-state index is 9.28. The second-order valence-electron chi connectivity index (χ2n) is 5.89. The SMILES string of the molecule is C/C=C/CCCCCCCC1N=CC[N+]1(CC)CCO. The highest BCUT2D eigenvalue weighted by Crippen LogP contribution is 2.23. The molecule has 20 heavy (non-hydrogen) atoms. The van der Waals surface area contributed by atoms with E-state index in [-0.39, 0.29) is 6.61 Å². The predicted molar refractivity (Wildman–Crippen MR) is 87.0 cm³/mol. The molecule has 0 aliphatic carbocycles. The maximum absolute atomic E-state index is 9.28. The summed E-state index contributed by atoms with van der Waals surface area (Å²) >= 11 is 0. The fourth-order valence-electron chi connectivity index (χ4n) is 3.17. The van der Waals surface area contributed by atoms with Crippen molar-refractivity contribution in [3.05, 3.63) is 12.2 Å². The fourth-order valence-corrected chi connectivity index (χ4v) is 3.17. The van der Waals surface area contributed by atoms with E-state index in [1.807, 2.05) is 0 Å². The van der Waals surface area contributed by atoms with Gasteiger partial charge in [-0.15, -0.1) is 0 Å². The van der Waals surface area contributed by atoms with Crippen molar-refractivity contribution in [1.82, 2.24) is 0 Å². The number of aliphatic hydroxyl groups is 1. The summed E-state index contributed by atoms with van der Waals surface area (Å²) in [6.07, 6.45) is 15.9. The summed E-state index contributed by atoms with van der Waals surface area (Å²) in [5.74, 6) is 0. The maximum Gasteiger partial charge on any atom is 0.182 e. The van der Waals surface area contributed by atoms with Crippen molar-refractivity contribution in [3.63, 3.8) is 0 Å². The zero-order chi connectivity index (χ0) is 14.7. The number of aliphatic hydroxyl groups excluding tert-OH is 1. The molecular formula is C17H33N2O+. The van der Waals surface area contributed by atoms with Crippen LogP contribution in [0.15, 0.2) is 17.1 Å². The van der Waals surface area contributed by atoms with E-state index in [0.29, 0.717) is 6.17 Å². The number of likely N-dealkylation sites (N-methyl/N-ethyl adjacent to an activating group) is 1. The molecule has 1 aliphatic heterocycles. The van der Waals surface area contributed by atoms with Gasteiger partial charge in [-0.05, 0) is 33.1 Å². The van der Waals surface area contributed by atoms with Crippen molar-refractivity contribution in [3.8, 4) is 0 Å². The molecule has 0 bridgehead atoms. The third-order valence-electron chi connectivity index (χ3n) is 4.60. The highest BCUT2D eigenvalue weighted by atomic mass is 16.3. The van der Waals surface area contributed by atoms with Gasteiger partial charge >= 0.3 is 0 Å². The van der Waals surface area contributed by atoms with Gasteiger partial charge in [0.25, 0.3) is 0 Å². The molecule has 0 aromatic carbocycles. The van der Waals surface area contributed by atoms with Crippen molar-refractivity contribution in [2.24, 2.45) is 4.99 Å². The van der Waals surface area contributed by atoms with Gasteiger partial charge in [0.2, 0.25) is 0 Å². The largest absolute Gasteiger partial charge is 0.391 e. The molecule has 1 heterocycles. The van der Waals surface area contributed by atoms with Crippen LogP contribution >= 0.6 is 0 Å². The number of aliphatic imine (C=N–C) groups is 1. The lowest BCUT2D eigenvalue weighted by Gasteiger charge is -2.37. The quantitative estimate of drug-likeness (QED) is 0.351. The number of hydrogen-bond donors (Lipinski definition) is 1. The smallest absolute Gasteiger partial charge is 0.182 e. The minimum absolute atomic E-state index is 0.276. The van der Waals surface area contributed by atoms with Crippen LogP contribution < -0.4 is 0 Å². The monoisotopic (exact) mass is 281 g/mol. The summed E-state index contributed by atoms with van der Waals surface area (Å²) < 4.78 is 0.970. The van der Waals surface area contributed by atoms with Crippen LogP contribution in [0.25, 0.3) is 0 Å². The summed E-state index contributed by atoms with van der Waals surface area (Å²) in [7, 11) is 0. The van der Waals surface area contributed by atoms with Crippen LogP contribution in [0.4, 0.5) is 0 Å². The number of rotatable bonds is 11. The summed E-state index contributed by atoms with van der Waals surface area (Å²) in [4.78, 5) is 4.66. The van der Waals surface area contributed by atoms with E-state index in [1.54, 1.807) is 0 Å². The summed E-state index contributed by atoms with van der Waals surface area (Å²) in [5.41, 5.74) is 0. The topological polar surface area (TPSA) is 32.6 Å². The number of hydrogen-bond acceptors (Lipinski definition) is 2. The minimum atomic E-state index is 0.276. The van der Waals surface area contributed by atoms with Crippen LogP contribution in [0, 0.1) is 0 Å². The molecule has 0 fully saturated rings. The van der Waals surface area contributed by atoms with E-state index in [4.69, 9.17) is 0 Å². The highest BCUT2D eigenvalue weighted by Gasteiger charge is 2.36. The van der Waals surface area contributed by atoms with Gasteiger partial charge in [-0.2, -0.15) is 0 Å². The van der Waals surface area contributed by atoms with E-state index in [9.17, 15) is 5.11 Å². The van der Waals surface area contributed by atoms with E-state index in [0.717, 1.165) is 24.1 Å². The molecule has 0 radical (unpaired) electrons. The van der Waals surface area contributed by atoms with Crippen molar-refractivity contribution in [1.29, 1.82) is 0 Å². The Morgan fingerprint density at radius 1 is 1.25 bits per heavy atom. The fraction of sp³-hybridized carbons (Fsp3) is 0.824. The molecule has 2 atom stereocenters. The van der Waals surface area contributed by atoms with Crippen LogP contribution in [0.2, 0.25) is 0 Å². The van der Waals surface area contributed by atoms with Crippen molar-refractivity contribution < 1.29 is 9.59 Å². The normalized spacial score (nSPS) is 25.9. The zero-order valence-corrected chi connectivity index (χ0v) is 13.4. The first-order valence-corrected chi connectivity index (χ1v) is 8.38. The van der Waals surface area contributed by atoms with Crippen molar-refractivity contribution in [2.75, 3.05) is 26.2 Å². The molecule has 3 heteroatoms. The molecule has 0 aromatic heterocycles. The van der Waals surface area contributed by atoms with Gasteiger partial charge in [0.05, 0.1) is 19.4 Å². The molecule has 1 N–H and O–H groups in total. The van der Waals surface area contributed by atoms with Gasteiger partial charge in [-0.1, -0.05) is 31.4 Å². The Morgan fingerprint density at radius 3 is 2.70 bits per heavy atom. The number of unbranched alkanes of at least 4 members (excludes halogenated alkanes) is 5. The van der Waals surface area contributed by atoms with Crippen LogP contribution in [0.3, 0.4) is 0 Å². The van der Waals surface area contributed by atoms with E-state index >= 15 is 0 Å². The number of quaternary nitrogens is 1. The molecule has 0 amide bonds. The molecule has 1 rings (SSSR count). The third kappa shape index (κ3) is 5.37. The second kappa shape index (κ2) is 10.1. The molecule has 2 unspecified atom stereocenters. The van der Waals surface area contributed by atoms with Crippen LogP contribution in [-0.2, 0) is 0 Å². The Kier molecular flexibility index (Phi) is 8.79. The molecule has 0 saturated heterocycles. The van der Waals surface area contributed by atoms with Crippen LogP contribution in [0.5, 0.6) is 0 Å². The second-order valence-corrected chi connectivity index (χ2v) is 5.89. The number of allylic oxidation sites excluding steroid dienone is 2. The Morgan fingerprint density at radius 2 is 2.00 bits per heavy atom. The lowest BCUT2D eigenvalue weighted by Crippen LogP contribution is -2.53. The summed E-state index contributed by atoms with van der Waals surface area (Å²) in [6, 6.07) is 0. The Hall–Kier alpha value is -0.670. The predicted octanol–water partition coefficient (Wildman–Crippen LogP) is 3.53. The first-order chi connectivity index (χ1) is 9.79. The first kappa shape index (κ1) is 17.4. The molecule has 3 nitrogen and oxygen atoms in total. The van der Waals surface area contributed by atoms with Gasteiger partial charge in [-0.3, -0.25) is 4.48 Å². The molecule has 0 aromatic rings. The average molecular weight is 281 g/mol. The molecule has 0 spiro atoms. The van der Waals surface area contributed by atoms with Gasteiger partial charge < -0.3 is 5.11 Å². The lowest BCUT2D eigenvalue weighted by molar-refractivity contribution is -0.936. The van der Waals surface area contributed by atoms with Gasteiger partial charge in [0.15, 0.2) is 6.17 Å². The Balaban J connectivity index is 2.15. The molecule has 1 aliphatic rings. The van der Waals surface area contributed by atoms with E-state index in [1.165, 1.54) is 44.9 Å². The molecule has 116 valence electrons. The van der Waals surface area contributed by atoms with Crippen molar-refractivity contribution >= 4 is 6.21 Å². The average Bonchev–Trinajstić information content (AvgIpc) is 2.86. The van der Waals surface area contributed by atoms with Gasteiger partial charge in [0.1, 0.15) is 13.1 Å². The third-order valence-corrected chi connectivity index (χ3v) is 4.60. The minimum Gasteiger partial charge on any atom is -0.391 e. The standard InChI is InChI=1S/C17H33N2O/c1-3-5-6-7-8-9-10-11-12-17-18-13-14-19(17,4-2)15-16-20/h3,5,13,17,20H,4,6-12,14-16H2,1-2H3/q+1/b5-3+. The van der Waals surface area contributed by atoms with E-state index < -0.39 is 0 Å². The Labute approximate surface area is 125 Å². The first-order valence-electron chi connectivity index (χ1n) is 8.38. The highest BCUT2D eigenvalue weighted by molar-refractivity contribution is 5.60. The van der Waals surface area contributed by atoms with Gasteiger partial charge in [0, 0.05) is 6.42 Å².